The lowest BCUT2D eigenvalue weighted by Gasteiger charge is -2.02. The lowest BCUT2D eigenvalue weighted by Crippen LogP contribution is -2.02. The minimum absolute atomic E-state index is 0.00481. The smallest absolute Gasteiger partial charge is 0.133 e. The van der Waals surface area contributed by atoms with Crippen molar-refractivity contribution in [3.63, 3.8) is 0 Å². The molecule has 0 aliphatic rings. The lowest BCUT2D eigenvalue weighted by atomic mass is 10.1. The third-order valence-corrected chi connectivity index (χ3v) is 2.06. The minimum Gasteiger partial charge on any atom is -0.327 e. The van der Waals surface area contributed by atoms with Crippen LogP contribution in [0.1, 0.15) is 18.9 Å². The van der Waals surface area contributed by atoms with Crippen molar-refractivity contribution in [2.24, 2.45) is 5.73 Å². The molecular formula is C11H13F2N. The van der Waals surface area contributed by atoms with Gasteiger partial charge in [0.05, 0.1) is 0 Å². The highest BCUT2D eigenvalue weighted by atomic mass is 19.1. The van der Waals surface area contributed by atoms with Crippen molar-refractivity contribution < 1.29 is 8.78 Å². The number of nitrogens with two attached hydrogens (primary N) is 1. The van der Waals surface area contributed by atoms with Gasteiger partial charge in [0.2, 0.25) is 0 Å². The van der Waals surface area contributed by atoms with E-state index in [0.717, 1.165) is 5.57 Å². The van der Waals surface area contributed by atoms with Gasteiger partial charge in [0.25, 0.3) is 0 Å². The third kappa shape index (κ3) is 2.39. The fourth-order valence-electron chi connectivity index (χ4n) is 1.16. The molecule has 0 atom stereocenters. The quantitative estimate of drug-likeness (QED) is 0.792. The molecule has 14 heavy (non-hydrogen) atoms. The van der Waals surface area contributed by atoms with E-state index in [0.29, 0.717) is 13.0 Å². The molecule has 0 aliphatic carbocycles. The molecule has 0 fully saturated rings. The van der Waals surface area contributed by atoms with E-state index in [1.807, 2.05) is 6.92 Å². The van der Waals surface area contributed by atoms with Gasteiger partial charge in [-0.15, -0.1) is 0 Å². The van der Waals surface area contributed by atoms with Crippen molar-refractivity contribution in [2.75, 3.05) is 6.54 Å². The first-order chi connectivity index (χ1) is 6.69. The van der Waals surface area contributed by atoms with Gasteiger partial charge < -0.3 is 5.73 Å². The van der Waals surface area contributed by atoms with E-state index >= 15 is 0 Å². The molecule has 0 bridgehead atoms. The molecule has 1 nitrogen and oxygen atoms in total. The van der Waals surface area contributed by atoms with Crippen molar-refractivity contribution in [3.8, 4) is 0 Å². The number of hydrogen-bond donors (Lipinski definition) is 1. The summed E-state index contributed by atoms with van der Waals surface area (Å²) in [4.78, 5) is 0. The maximum atomic E-state index is 13.2. The van der Waals surface area contributed by atoms with E-state index < -0.39 is 11.6 Å². The van der Waals surface area contributed by atoms with Crippen molar-refractivity contribution in [2.45, 2.75) is 13.3 Å². The molecule has 0 saturated carbocycles. The average Bonchev–Trinajstić information content (AvgIpc) is 2.18. The first-order valence-corrected chi connectivity index (χ1v) is 4.52. The molecule has 2 N–H and O–H groups in total. The fraction of sp³-hybridized carbons (Fsp3) is 0.273. The van der Waals surface area contributed by atoms with Gasteiger partial charge in [-0.1, -0.05) is 18.6 Å². The Kier molecular flexibility index (Phi) is 3.77. The molecule has 1 aromatic rings. The SMILES string of the molecule is CC/C(=C/c1c(F)cccc1F)CN. The summed E-state index contributed by atoms with van der Waals surface area (Å²) in [7, 11) is 0. The predicted octanol–water partition coefficient (Wildman–Crippen LogP) is 2.72. The summed E-state index contributed by atoms with van der Waals surface area (Å²) in [6.07, 6.45) is 2.18. The summed E-state index contributed by atoms with van der Waals surface area (Å²) in [5.74, 6) is -1.10. The Balaban J connectivity index is 3.12. The van der Waals surface area contributed by atoms with Crippen LogP contribution in [0.2, 0.25) is 0 Å². The topological polar surface area (TPSA) is 26.0 Å². The van der Waals surface area contributed by atoms with Gasteiger partial charge >= 0.3 is 0 Å². The molecule has 0 unspecified atom stereocenters. The highest BCUT2D eigenvalue weighted by Gasteiger charge is 2.05. The Morgan fingerprint density at radius 1 is 1.36 bits per heavy atom. The molecule has 0 aliphatic heterocycles. The summed E-state index contributed by atoms with van der Waals surface area (Å²) >= 11 is 0. The Labute approximate surface area is 82.2 Å². The Morgan fingerprint density at radius 3 is 2.36 bits per heavy atom. The molecule has 0 spiro atoms. The van der Waals surface area contributed by atoms with Crippen LogP contribution in [0.3, 0.4) is 0 Å². The van der Waals surface area contributed by atoms with E-state index in [2.05, 4.69) is 0 Å². The van der Waals surface area contributed by atoms with Crippen LogP contribution in [0.5, 0.6) is 0 Å². The first kappa shape index (κ1) is 10.9. The van der Waals surface area contributed by atoms with Crippen molar-refractivity contribution in [1.82, 2.24) is 0 Å². The molecule has 0 aromatic heterocycles. The highest BCUT2D eigenvalue weighted by Crippen LogP contribution is 2.16. The van der Waals surface area contributed by atoms with E-state index in [1.165, 1.54) is 24.3 Å². The van der Waals surface area contributed by atoms with Crippen molar-refractivity contribution in [1.29, 1.82) is 0 Å². The zero-order chi connectivity index (χ0) is 10.6. The summed E-state index contributed by atoms with van der Waals surface area (Å²) in [6, 6.07) is 3.81. The van der Waals surface area contributed by atoms with Crippen molar-refractivity contribution in [3.05, 3.63) is 41.0 Å². The number of rotatable bonds is 3. The average molecular weight is 197 g/mol. The molecule has 1 aromatic carbocycles. The molecule has 0 amide bonds. The molecule has 0 heterocycles. The molecular weight excluding hydrogens is 184 g/mol. The summed E-state index contributed by atoms with van der Waals surface area (Å²) < 4.78 is 26.3. The maximum absolute atomic E-state index is 13.2. The Morgan fingerprint density at radius 2 is 1.93 bits per heavy atom. The molecule has 0 radical (unpaired) electrons. The molecule has 76 valence electrons. The van der Waals surface area contributed by atoms with Crippen LogP contribution >= 0.6 is 0 Å². The van der Waals surface area contributed by atoms with Gasteiger partial charge in [-0.2, -0.15) is 0 Å². The van der Waals surface area contributed by atoms with Gasteiger partial charge in [-0.25, -0.2) is 8.78 Å². The van der Waals surface area contributed by atoms with Crippen LogP contribution in [-0.4, -0.2) is 6.54 Å². The zero-order valence-corrected chi connectivity index (χ0v) is 8.06. The van der Waals surface area contributed by atoms with E-state index in [1.54, 1.807) is 0 Å². The number of hydrogen-bond acceptors (Lipinski definition) is 1. The predicted molar refractivity (Wildman–Crippen MR) is 53.7 cm³/mol. The summed E-state index contributed by atoms with van der Waals surface area (Å²) in [5, 5.41) is 0. The second-order valence-electron chi connectivity index (χ2n) is 3.00. The molecule has 3 heteroatoms. The van der Waals surface area contributed by atoms with Crippen LogP contribution in [0, 0.1) is 11.6 Å². The second-order valence-corrected chi connectivity index (χ2v) is 3.00. The van der Waals surface area contributed by atoms with Crippen LogP contribution < -0.4 is 5.73 Å². The Hall–Kier alpha value is -1.22. The first-order valence-electron chi connectivity index (χ1n) is 4.52. The van der Waals surface area contributed by atoms with Crippen LogP contribution in [0.4, 0.5) is 8.78 Å². The van der Waals surface area contributed by atoms with Gasteiger partial charge in [0.1, 0.15) is 11.6 Å². The maximum Gasteiger partial charge on any atom is 0.133 e. The summed E-state index contributed by atoms with van der Waals surface area (Å²) in [5.41, 5.74) is 6.24. The van der Waals surface area contributed by atoms with Crippen LogP contribution in [-0.2, 0) is 0 Å². The molecule has 1 rings (SSSR count). The summed E-state index contributed by atoms with van der Waals surface area (Å²) in [6.45, 7) is 2.22. The monoisotopic (exact) mass is 197 g/mol. The van der Waals surface area contributed by atoms with Gasteiger partial charge in [0.15, 0.2) is 0 Å². The normalized spacial score (nSPS) is 11.9. The van der Waals surface area contributed by atoms with Gasteiger partial charge in [0, 0.05) is 12.1 Å². The molecule has 0 saturated heterocycles. The Bertz CT molecular complexity index is 319. The van der Waals surface area contributed by atoms with E-state index in [-0.39, 0.29) is 5.56 Å². The van der Waals surface area contributed by atoms with Crippen molar-refractivity contribution >= 4 is 6.08 Å². The third-order valence-electron chi connectivity index (χ3n) is 2.06. The fourth-order valence-corrected chi connectivity index (χ4v) is 1.16. The highest BCUT2D eigenvalue weighted by molar-refractivity contribution is 5.54. The standard InChI is InChI=1S/C11H13F2N/c1-2-8(7-14)6-9-10(12)4-3-5-11(9)13/h3-6H,2,7,14H2,1H3/b8-6-. The van der Waals surface area contributed by atoms with E-state index in [4.69, 9.17) is 5.73 Å². The number of halogens is 2. The van der Waals surface area contributed by atoms with Gasteiger partial charge in [-0.05, 0) is 24.6 Å². The van der Waals surface area contributed by atoms with E-state index in [9.17, 15) is 8.78 Å². The van der Waals surface area contributed by atoms with Crippen LogP contribution in [0.25, 0.3) is 6.08 Å². The second kappa shape index (κ2) is 4.86. The van der Waals surface area contributed by atoms with Crippen LogP contribution in [0.15, 0.2) is 23.8 Å². The lowest BCUT2D eigenvalue weighted by molar-refractivity contribution is 0.578. The minimum atomic E-state index is -0.551. The number of benzene rings is 1. The van der Waals surface area contributed by atoms with Gasteiger partial charge in [-0.3, -0.25) is 0 Å². The largest absolute Gasteiger partial charge is 0.327 e. The zero-order valence-electron chi connectivity index (χ0n) is 8.06.